The van der Waals surface area contributed by atoms with Crippen LogP contribution in [0.1, 0.15) is 36.4 Å². The lowest BCUT2D eigenvalue weighted by Gasteiger charge is -2.30. The molecule has 2 unspecified atom stereocenters. The number of benzene rings is 1. The van der Waals surface area contributed by atoms with Gasteiger partial charge in [0.2, 0.25) is 0 Å². The molecular weight excluding hydrogens is 224 g/mol. The van der Waals surface area contributed by atoms with Crippen LogP contribution >= 0.6 is 0 Å². The largest absolute Gasteiger partial charge is 0.380 e. The van der Waals surface area contributed by atoms with Crippen LogP contribution in [-0.2, 0) is 11.3 Å². The van der Waals surface area contributed by atoms with Gasteiger partial charge in [-0.05, 0) is 37.6 Å². The molecular formula is C15H24N2O. The molecule has 18 heavy (non-hydrogen) atoms. The Morgan fingerprint density at radius 1 is 1.28 bits per heavy atom. The van der Waals surface area contributed by atoms with Crippen LogP contribution in [0.2, 0.25) is 0 Å². The van der Waals surface area contributed by atoms with E-state index in [2.05, 4.69) is 36.2 Å². The van der Waals surface area contributed by atoms with Crippen molar-refractivity contribution >= 4 is 0 Å². The minimum Gasteiger partial charge on any atom is -0.380 e. The van der Waals surface area contributed by atoms with E-state index in [1.165, 1.54) is 24.0 Å². The molecule has 0 aromatic heterocycles. The zero-order chi connectivity index (χ0) is 13.0. The topological polar surface area (TPSA) is 38.5 Å². The molecule has 0 saturated carbocycles. The van der Waals surface area contributed by atoms with Crippen LogP contribution in [0.4, 0.5) is 0 Å². The fourth-order valence-electron chi connectivity index (χ4n) is 2.84. The number of likely N-dealkylation sites (tertiary alicyclic amines) is 1. The molecule has 3 heteroatoms. The highest BCUT2D eigenvalue weighted by Crippen LogP contribution is 2.28. The van der Waals surface area contributed by atoms with Gasteiger partial charge in [-0.25, -0.2) is 0 Å². The number of nitrogens with zero attached hydrogens (tertiary/aromatic N) is 1. The highest BCUT2D eigenvalue weighted by molar-refractivity contribution is 5.26. The summed E-state index contributed by atoms with van der Waals surface area (Å²) in [4.78, 5) is 2.39. The van der Waals surface area contributed by atoms with Crippen molar-refractivity contribution < 1.29 is 4.74 Å². The van der Waals surface area contributed by atoms with E-state index in [1.54, 1.807) is 7.11 Å². The summed E-state index contributed by atoms with van der Waals surface area (Å²) in [5.41, 5.74) is 8.87. The summed E-state index contributed by atoms with van der Waals surface area (Å²) in [5, 5.41) is 0. The minimum absolute atomic E-state index is 0.241. The molecule has 1 fully saturated rings. The molecule has 2 N–H and O–H groups in total. The summed E-state index contributed by atoms with van der Waals surface area (Å²) >= 11 is 0. The number of hydrogen-bond acceptors (Lipinski definition) is 3. The van der Waals surface area contributed by atoms with E-state index in [-0.39, 0.29) is 6.04 Å². The zero-order valence-electron chi connectivity index (χ0n) is 11.4. The highest BCUT2D eigenvalue weighted by atomic mass is 16.5. The Balaban J connectivity index is 2.16. The van der Waals surface area contributed by atoms with Crippen molar-refractivity contribution in [3.8, 4) is 0 Å². The minimum atomic E-state index is 0.241. The van der Waals surface area contributed by atoms with Gasteiger partial charge in [0.15, 0.2) is 0 Å². The molecule has 1 aliphatic rings. The predicted molar refractivity (Wildman–Crippen MR) is 74.4 cm³/mol. The molecule has 0 amide bonds. The average molecular weight is 248 g/mol. The standard InChI is InChI=1S/C15H24N2O/c1-17-10-4-3-5-14(16)15(17)13-8-6-12(7-9-13)11-18-2/h6-9,14-15H,3-5,10-11,16H2,1-2H3. The lowest BCUT2D eigenvalue weighted by molar-refractivity contribution is 0.184. The van der Waals surface area contributed by atoms with Crippen LogP contribution in [0, 0.1) is 0 Å². The summed E-state index contributed by atoms with van der Waals surface area (Å²) in [5.74, 6) is 0. The van der Waals surface area contributed by atoms with Gasteiger partial charge in [-0.15, -0.1) is 0 Å². The lowest BCUT2D eigenvalue weighted by atomic mass is 9.96. The van der Waals surface area contributed by atoms with Crippen LogP contribution in [0.15, 0.2) is 24.3 Å². The lowest BCUT2D eigenvalue weighted by Crippen LogP contribution is -2.37. The van der Waals surface area contributed by atoms with Gasteiger partial charge in [-0.1, -0.05) is 30.7 Å². The molecule has 1 heterocycles. The van der Waals surface area contributed by atoms with Gasteiger partial charge in [-0.2, -0.15) is 0 Å². The zero-order valence-corrected chi connectivity index (χ0v) is 11.4. The Labute approximate surface area is 110 Å². The Morgan fingerprint density at radius 2 is 2.00 bits per heavy atom. The third-order valence-corrected chi connectivity index (χ3v) is 3.81. The monoisotopic (exact) mass is 248 g/mol. The number of ether oxygens (including phenoxy) is 1. The maximum Gasteiger partial charge on any atom is 0.0713 e. The number of methoxy groups -OCH3 is 1. The van der Waals surface area contributed by atoms with Crippen LogP contribution in [0.25, 0.3) is 0 Å². The second-order valence-electron chi connectivity index (χ2n) is 5.26. The molecule has 100 valence electrons. The van der Waals surface area contributed by atoms with Crippen molar-refractivity contribution in [2.24, 2.45) is 5.73 Å². The van der Waals surface area contributed by atoms with Crippen molar-refractivity contribution in [2.45, 2.75) is 38.0 Å². The molecule has 0 bridgehead atoms. The molecule has 0 spiro atoms. The molecule has 1 saturated heterocycles. The molecule has 2 rings (SSSR count). The molecule has 2 atom stereocenters. The van der Waals surface area contributed by atoms with E-state index >= 15 is 0 Å². The second-order valence-corrected chi connectivity index (χ2v) is 5.26. The van der Waals surface area contributed by atoms with E-state index in [9.17, 15) is 0 Å². The van der Waals surface area contributed by atoms with Gasteiger partial charge >= 0.3 is 0 Å². The summed E-state index contributed by atoms with van der Waals surface area (Å²) < 4.78 is 5.14. The first kappa shape index (κ1) is 13.5. The first-order valence-electron chi connectivity index (χ1n) is 6.76. The van der Waals surface area contributed by atoms with Crippen molar-refractivity contribution in [3.63, 3.8) is 0 Å². The predicted octanol–water partition coefficient (Wildman–Crippen LogP) is 2.32. The van der Waals surface area contributed by atoms with Crippen molar-refractivity contribution in [1.29, 1.82) is 0 Å². The summed E-state index contributed by atoms with van der Waals surface area (Å²) in [7, 11) is 3.90. The van der Waals surface area contributed by atoms with Gasteiger partial charge in [-0.3, -0.25) is 4.90 Å². The fraction of sp³-hybridized carbons (Fsp3) is 0.600. The van der Waals surface area contributed by atoms with Gasteiger partial charge in [0.1, 0.15) is 0 Å². The molecule has 0 aliphatic carbocycles. The molecule has 3 nitrogen and oxygen atoms in total. The fourth-order valence-corrected chi connectivity index (χ4v) is 2.84. The third-order valence-electron chi connectivity index (χ3n) is 3.81. The van der Waals surface area contributed by atoms with Crippen molar-refractivity contribution in [2.75, 3.05) is 20.7 Å². The molecule has 1 aromatic rings. The maximum absolute atomic E-state index is 6.33. The van der Waals surface area contributed by atoms with E-state index in [4.69, 9.17) is 10.5 Å². The number of hydrogen-bond donors (Lipinski definition) is 1. The highest BCUT2D eigenvalue weighted by Gasteiger charge is 2.26. The van der Waals surface area contributed by atoms with E-state index < -0.39 is 0 Å². The molecule has 1 aliphatic heterocycles. The van der Waals surface area contributed by atoms with Gasteiger partial charge in [0, 0.05) is 19.2 Å². The first-order chi connectivity index (χ1) is 8.72. The Bertz CT molecular complexity index is 351. The molecule has 0 radical (unpaired) electrons. The summed E-state index contributed by atoms with van der Waals surface area (Å²) in [6.45, 7) is 1.81. The van der Waals surface area contributed by atoms with Crippen LogP contribution in [0.3, 0.4) is 0 Å². The normalized spacial score (nSPS) is 25.9. The maximum atomic E-state index is 6.33. The Kier molecular flexibility index (Phi) is 4.75. The summed E-state index contributed by atoms with van der Waals surface area (Å²) in [6.07, 6.45) is 3.61. The van der Waals surface area contributed by atoms with Crippen molar-refractivity contribution in [3.05, 3.63) is 35.4 Å². The van der Waals surface area contributed by atoms with Crippen LogP contribution in [0.5, 0.6) is 0 Å². The smallest absolute Gasteiger partial charge is 0.0713 e. The number of likely N-dealkylation sites (N-methyl/N-ethyl adjacent to an activating group) is 1. The van der Waals surface area contributed by atoms with E-state index in [1.807, 2.05) is 0 Å². The number of nitrogens with two attached hydrogens (primary N) is 1. The van der Waals surface area contributed by atoms with Gasteiger partial charge in [0.25, 0.3) is 0 Å². The third kappa shape index (κ3) is 3.10. The van der Waals surface area contributed by atoms with Gasteiger partial charge < -0.3 is 10.5 Å². The van der Waals surface area contributed by atoms with Crippen LogP contribution in [-0.4, -0.2) is 31.6 Å². The molecule has 1 aromatic carbocycles. The Morgan fingerprint density at radius 3 is 2.67 bits per heavy atom. The van der Waals surface area contributed by atoms with Crippen molar-refractivity contribution in [1.82, 2.24) is 4.90 Å². The van der Waals surface area contributed by atoms with Crippen LogP contribution < -0.4 is 5.73 Å². The van der Waals surface area contributed by atoms with Gasteiger partial charge in [0.05, 0.1) is 6.61 Å². The first-order valence-corrected chi connectivity index (χ1v) is 6.76. The Hall–Kier alpha value is -0.900. The average Bonchev–Trinajstić information content (AvgIpc) is 2.53. The SMILES string of the molecule is COCc1ccc(C2C(N)CCCCN2C)cc1. The second kappa shape index (κ2) is 6.32. The summed E-state index contributed by atoms with van der Waals surface area (Å²) in [6, 6.07) is 9.27. The van der Waals surface area contributed by atoms with E-state index in [0.717, 1.165) is 13.0 Å². The number of rotatable bonds is 3. The quantitative estimate of drug-likeness (QED) is 0.892. The van der Waals surface area contributed by atoms with E-state index in [0.29, 0.717) is 12.6 Å².